The summed E-state index contributed by atoms with van der Waals surface area (Å²) in [5, 5.41) is 11.8. The number of nitrogens with one attached hydrogen (secondary N) is 2. The third-order valence-electron chi connectivity index (χ3n) is 5.94. The Balaban J connectivity index is 1.21. The normalized spacial score (nSPS) is 23.7. The predicted octanol–water partition coefficient (Wildman–Crippen LogP) is 3.58. The number of hydrogen-bond donors (Lipinski definition) is 2. The van der Waals surface area contributed by atoms with Crippen molar-refractivity contribution in [3.05, 3.63) is 54.7 Å². The molecule has 2 N–H and O–H groups in total. The molecule has 2 saturated heterocycles. The highest BCUT2D eigenvalue weighted by Crippen LogP contribution is 2.37. The molecule has 5 rings (SSSR count). The van der Waals surface area contributed by atoms with Gasteiger partial charge in [-0.3, -0.25) is 9.89 Å². The Bertz CT molecular complexity index is 957. The fourth-order valence-corrected chi connectivity index (χ4v) is 4.71. The number of rotatable bonds is 5. The number of hydrogen-bond acceptors (Lipinski definition) is 4. The molecule has 2 aliphatic heterocycles. The van der Waals surface area contributed by atoms with Crippen LogP contribution in [0, 0.1) is 0 Å². The molecule has 2 bridgehead atoms. The van der Waals surface area contributed by atoms with Gasteiger partial charge in [0.25, 0.3) is 5.91 Å². The first kappa shape index (κ1) is 17.1. The fraction of sp³-hybridized carbons (Fsp3) is 0.364. The number of carbonyl (C=O) groups excluding carboxylic acids is 1. The second-order valence-corrected chi connectivity index (χ2v) is 7.77. The van der Waals surface area contributed by atoms with E-state index in [4.69, 9.17) is 4.74 Å². The van der Waals surface area contributed by atoms with E-state index in [1.165, 1.54) is 0 Å². The van der Waals surface area contributed by atoms with E-state index in [2.05, 4.69) is 38.6 Å². The van der Waals surface area contributed by atoms with E-state index in [0.717, 1.165) is 48.0 Å². The van der Waals surface area contributed by atoms with Crippen molar-refractivity contribution in [2.24, 2.45) is 0 Å². The average molecular weight is 376 g/mol. The first-order chi connectivity index (χ1) is 13.8. The molecule has 0 radical (unpaired) electrons. The number of piperidine rings is 1. The van der Waals surface area contributed by atoms with Gasteiger partial charge in [-0.1, -0.05) is 18.2 Å². The molecule has 0 spiro atoms. The zero-order valence-electron chi connectivity index (χ0n) is 15.7. The van der Waals surface area contributed by atoms with Crippen LogP contribution in [0.2, 0.25) is 0 Å². The lowest BCUT2D eigenvalue weighted by Gasteiger charge is -2.39. The lowest BCUT2D eigenvalue weighted by atomic mass is 9.96. The van der Waals surface area contributed by atoms with E-state index in [9.17, 15) is 4.79 Å². The number of para-hydroxylation sites is 1. The summed E-state index contributed by atoms with van der Waals surface area (Å²) in [6.07, 6.45) is 5.98. The number of ether oxygens (including phenoxy) is 1. The summed E-state index contributed by atoms with van der Waals surface area (Å²) in [5.41, 5.74) is 2.16. The van der Waals surface area contributed by atoms with Crippen molar-refractivity contribution in [2.45, 2.75) is 43.8 Å². The van der Waals surface area contributed by atoms with E-state index in [1.54, 1.807) is 0 Å². The van der Waals surface area contributed by atoms with E-state index < -0.39 is 0 Å². The van der Waals surface area contributed by atoms with Gasteiger partial charge >= 0.3 is 0 Å². The van der Waals surface area contributed by atoms with Crippen LogP contribution in [0.15, 0.2) is 54.7 Å². The third kappa shape index (κ3) is 3.30. The number of H-pyrrole nitrogens is 1. The van der Waals surface area contributed by atoms with Crippen LogP contribution in [0.25, 0.3) is 10.9 Å². The SMILES string of the molecule is O=C(COc1ccccc1)N1C2CCC1CC(Nc1ccc3[nH]ncc3c1)C2. The van der Waals surface area contributed by atoms with Crippen molar-refractivity contribution in [1.82, 2.24) is 15.1 Å². The predicted molar refractivity (Wildman–Crippen MR) is 108 cm³/mol. The number of fused-ring (bicyclic) bond motifs is 3. The number of aromatic amines is 1. The zero-order chi connectivity index (χ0) is 18.9. The molecule has 1 aromatic heterocycles. The van der Waals surface area contributed by atoms with Gasteiger partial charge in [-0.25, -0.2) is 0 Å². The maximum Gasteiger partial charge on any atom is 0.261 e. The minimum Gasteiger partial charge on any atom is -0.484 e. The molecule has 28 heavy (non-hydrogen) atoms. The zero-order valence-corrected chi connectivity index (χ0v) is 15.7. The van der Waals surface area contributed by atoms with Crippen LogP contribution in [0.1, 0.15) is 25.7 Å². The van der Waals surface area contributed by atoms with Crippen molar-refractivity contribution < 1.29 is 9.53 Å². The first-order valence-electron chi connectivity index (χ1n) is 9.95. The van der Waals surface area contributed by atoms with E-state index in [0.29, 0.717) is 18.1 Å². The van der Waals surface area contributed by atoms with Crippen LogP contribution in [0.4, 0.5) is 5.69 Å². The Labute approximate surface area is 163 Å². The Kier molecular flexibility index (Phi) is 4.39. The highest BCUT2D eigenvalue weighted by Gasteiger charge is 2.43. The lowest BCUT2D eigenvalue weighted by molar-refractivity contribution is -0.137. The molecule has 144 valence electrons. The summed E-state index contributed by atoms with van der Waals surface area (Å²) in [5.74, 6) is 0.851. The minimum absolute atomic E-state index is 0.106. The van der Waals surface area contributed by atoms with Crippen LogP contribution in [0.5, 0.6) is 5.75 Å². The Morgan fingerprint density at radius 1 is 1.14 bits per heavy atom. The van der Waals surface area contributed by atoms with Crippen LogP contribution in [0.3, 0.4) is 0 Å². The van der Waals surface area contributed by atoms with Gasteiger partial charge in [0.05, 0.1) is 11.7 Å². The van der Waals surface area contributed by atoms with Gasteiger partial charge in [-0.05, 0) is 56.0 Å². The molecular formula is C22H24N4O2. The second kappa shape index (κ2) is 7.19. The molecule has 6 nitrogen and oxygen atoms in total. The number of nitrogens with zero attached hydrogens (tertiary/aromatic N) is 2. The summed E-state index contributed by atoms with van der Waals surface area (Å²) in [7, 11) is 0. The van der Waals surface area contributed by atoms with Gasteiger partial charge in [0.15, 0.2) is 6.61 Å². The van der Waals surface area contributed by atoms with Gasteiger partial charge in [0.2, 0.25) is 0 Å². The van der Waals surface area contributed by atoms with Crippen LogP contribution in [-0.4, -0.2) is 45.7 Å². The van der Waals surface area contributed by atoms with Gasteiger partial charge in [-0.2, -0.15) is 5.10 Å². The van der Waals surface area contributed by atoms with E-state index in [-0.39, 0.29) is 12.5 Å². The second-order valence-electron chi connectivity index (χ2n) is 7.77. The number of carbonyl (C=O) groups is 1. The number of anilines is 1. The molecule has 0 saturated carbocycles. The molecule has 2 atom stereocenters. The van der Waals surface area contributed by atoms with Crippen molar-refractivity contribution in [1.29, 1.82) is 0 Å². The Hall–Kier alpha value is -3.02. The topological polar surface area (TPSA) is 70.2 Å². The molecule has 2 fully saturated rings. The average Bonchev–Trinajstić information content (AvgIpc) is 3.29. The molecule has 3 aromatic rings. The smallest absolute Gasteiger partial charge is 0.261 e. The molecule has 2 unspecified atom stereocenters. The van der Waals surface area contributed by atoms with Crippen LogP contribution < -0.4 is 10.1 Å². The Morgan fingerprint density at radius 2 is 1.93 bits per heavy atom. The number of aromatic nitrogens is 2. The molecular weight excluding hydrogens is 352 g/mol. The van der Waals surface area contributed by atoms with Crippen LogP contribution >= 0.6 is 0 Å². The molecule has 2 aliphatic rings. The molecule has 3 heterocycles. The van der Waals surface area contributed by atoms with Gasteiger partial charge in [-0.15, -0.1) is 0 Å². The molecule has 0 aliphatic carbocycles. The lowest BCUT2D eigenvalue weighted by Crippen LogP contribution is -2.51. The quantitative estimate of drug-likeness (QED) is 0.714. The van der Waals surface area contributed by atoms with Gasteiger partial charge in [0.1, 0.15) is 5.75 Å². The maximum atomic E-state index is 12.8. The monoisotopic (exact) mass is 376 g/mol. The highest BCUT2D eigenvalue weighted by atomic mass is 16.5. The summed E-state index contributed by atoms with van der Waals surface area (Å²) >= 11 is 0. The third-order valence-corrected chi connectivity index (χ3v) is 5.94. The highest BCUT2D eigenvalue weighted by molar-refractivity contribution is 5.82. The molecule has 1 amide bonds. The Morgan fingerprint density at radius 3 is 2.71 bits per heavy atom. The summed E-state index contributed by atoms with van der Waals surface area (Å²) in [6.45, 7) is 0.117. The standard InChI is InChI=1S/C22H24N4O2/c27-22(14-28-20-4-2-1-3-5-20)26-18-7-8-19(26)12-17(11-18)24-16-6-9-21-15(10-16)13-23-25-21/h1-6,9-10,13,17-19,24H,7-8,11-12,14H2,(H,23,25). The fourth-order valence-electron chi connectivity index (χ4n) is 4.71. The largest absolute Gasteiger partial charge is 0.484 e. The first-order valence-corrected chi connectivity index (χ1v) is 9.95. The summed E-state index contributed by atoms with van der Waals surface area (Å²) in [4.78, 5) is 14.9. The number of benzene rings is 2. The van der Waals surface area contributed by atoms with Crippen LogP contribution in [-0.2, 0) is 4.79 Å². The van der Waals surface area contributed by atoms with Crippen molar-refractivity contribution in [2.75, 3.05) is 11.9 Å². The van der Waals surface area contributed by atoms with E-state index in [1.807, 2.05) is 36.5 Å². The maximum absolute atomic E-state index is 12.8. The molecule has 2 aromatic carbocycles. The van der Waals surface area contributed by atoms with E-state index >= 15 is 0 Å². The van der Waals surface area contributed by atoms with Gasteiger partial charge < -0.3 is 15.0 Å². The van der Waals surface area contributed by atoms with Gasteiger partial charge in [0, 0.05) is 29.2 Å². The van der Waals surface area contributed by atoms with Crippen molar-refractivity contribution >= 4 is 22.5 Å². The summed E-state index contributed by atoms with van der Waals surface area (Å²) in [6, 6.07) is 16.8. The number of amides is 1. The minimum atomic E-state index is 0.106. The van der Waals surface area contributed by atoms with Crippen molar-refractivity contribution in [3.8, 4) is 5.75 Å². The summed E-state index contributed by atoms with van der Waals surface area (Å²) < 4.78 is 5.69. The van der Waals surface area contributed by atoms with Crippen molar-refractivity contribution in [3.63, 3.8) is 0 Å². The molecule has 6 heteroatoms.